The lowest BCUT2D eigenvalue weighted by atomic mass is 9.80. The number of aromatic nitrogens is 2. The predicted molar refractivity (Wildman–Crippen MR) is 63.1 cm³/mol. The summed E-state index contributed by atoms with van der Waals surface area (Å²) < 4.78 is 4.55. The van der Waals surface area contributed by atoms with Gasteiger partial charge in [-0.2, -0.15) is 4.98 Å². The lowest BCUT2D eigenvalue weighted by molar-refractivity contribution is -0.150. The van der Waals surface area contributed by atoms with E-state index in [1.165, 1.54) is 6.39 Å². The van der Waals surface area contributed by atoms with E-state index in [9.17, 15) is 9.59 Å². The largest absolute Gasteiger partial charge is 0.481 e. The molecular formula is C11H16N4O4. The first-order valence-corrected chi connectivity index (χ1v) is 6.03. The molecule has 1 aromatic heterocycles. The van der Waals surface area contributed by atoms with E-state index in [0.717, 1.165) is 0 Å². The van der Waals surface area contributed by atoms with E-state index in [-0.39, 0.29) is 12.6 Å². The summed E-state index contributed by atoms with van der Waals surface area (Å²) in [6.07, 6.45) is 2.11. The van der Waals surface area contributed by atoms with Gasteiger partial charge in [0.1, 0.15) is 0 Å². The van der Waals surface area contributed by atoms with Gasteiger partial charge in [0.25, 0.3) is 0 Å². The minimum absolute atomic E-state index is 0.196. The van der Waals surface area contributed by atoms with Crippen LogP contribution in [0.5, 0.6) is 0 Å². The van der Waals surface area contributed by atoms with Crippen LogP contribution in [0, 0.1) is 5.41 Å². The van der Waals surface area contributed by atoms with E-state index in [2.05, 4.69) is 20.0 Å². The van der Waals surface area contributed by atoms with Crippen molar-refractivity contribution in [1.29, 1.82) is 0 Å². The highest BCUT2D eigenvalue weighted by atomic mass is 16.5. The van der Waals surface area contributed by atoms with E-state index >= 15 is 0 Å². The number of piperidine rings is 1. The fraction of sp³-hybridized carbons (Fsp3) is 0.636. The number of carbonyl (C=O) groups excluding carboxylic acids is 1. The van der Waals surface area contributed by atoms with Gasteiger partial charge in [-0.05, 0) is 19.8 Å². The van der Waals surface area contributed by atoms with Crippen molar-refractivity contribution in [3.05, 3.63) is 12.2 Å². The molecule has 0 saturated carbocycles. The second-order valence-electron chi connectivity index (χ2n) is 4.86. The van der Waals surface area contributed by atoms with Crippen molar-refractivity contribution >= 4 is 12.0 Å². The standard InChI is InChI=1S/C11H16N4O4/c1-11(9(16)17)2-4-15(5-3-11)10(18)12-6-8-13-7-19-14-8/h7H,2-6H2,1H3,(H,12,18)(H,16,17). The highest BCUT2D eigenvalue weighted by Crippen LogP contribution is 2.30. The summed E-state index contributed by atoms with van der Waals surface area (Å²) in [6, 6.07) is -0.239. The molecule has 0 radical (unpaired) electrons. The van der Waals surface area contributed by atoms with Gasteiger partial charge in [-0.3, -0.25) is 4.79 Å². The molecule has 2 amide bonds. The number of hydrogen-bond donors (Lipinski definition) is 2. The van der Waals surface area contributed by atoms with Gasteiger partial charge in [-0.25, -0.2) is 4.79 Å². The van der Waals surface area contributed by atoms with Gasteiger partial charge in [0, 0.05) is 13.1 Å². The average Bonchev–Trinajstić information content (AvgIpc) is 2.90. The SMILES string of the molecule is CC1(C(=O)O)CCN(C(=O)NCc2ncon2)CC1. The molecule has 0 atom stereocenters. The van der Waals surface area contributed by atoms with Crippen molar-refractivity contribution in [3.63, 3.8) is 0 Å². The van der Waals surface area contributed by atoms with Crippen molar-refractivity contribution in [2.45, 2.75) is 26.3 Å². The molecule has 0 aromatic carbocycles. The maximum atomic E-state index is 11.9. The minimum atomic E-state index is -0.806. The van der Waals surface area contributed by atoms with Gasteiger partial charge in [0.2, 0.25) is 6.39 Å². The predicted octanol–water partition coefficient (Wildman–Crippen LogP) is 0.466. The number of urea groups is 1. The number of hydrogen-bond acceptors (Lipinski definition) is 5. The fourth-order valence-electron chi connectivity index (χ4n) is 1.95. The Morgan fingerprint density at radius 3 is 2.74 bits per heavy atom. The highest BCUT2D eigenvalue weighted by Gasteiger charge is 2.37. The number of carboxylic acid groups (broad SMARTS) is 1. The first-order valence-electron chi connectivity index (χ1n) is 6.03. The van der Waals surface area contributed by atoms with Crippen LogP contribution in [0.4, 0.5) is 4.79 Å². The van der Waals surface area contributed by atoms with Crippen LogP contribution in [0.15, 0.2) is 10.9 Å². The van der Waals surface area contributed by atoms with Gasteiger partial charge in [0.05, 0.1) is 12.0 Å². The normalized spacial score (nSPS) is 18.1. The Balaban J connectivity index is 1.81. The van der Waals surface area contributed by atoms with Crippen LogP contribution >= 0.6 is 0 Å². The van der Waals surface area contributed by atoms with Gasteiger partial charge in [0.15, 0.2) is 5.82 Å². The summed E-state index contributed by atoms with van der Waals surface area (Å²) in [5, 5.41) is 15.4. The van der Waals surface area contributed by atoms with Crippen LogP contribution in [0.1, 0.15) is 25.6 Å². The number of amides is 2. The van der Waals surface area contributed by atoms with Gasteiger partial charge in [-0.15, -0.1) is 0 Å². The second-order valence-corrected chi connectivity index (χ2v) is 4.86. The summed E-state index contributed by atoms with van der Waals surface area (Å²) in [7, 11) is 0. The van der Waals surface area contributed by atoms with Crippen molar-refractivity contribution < 1.29 is 19.2 Å². The van der Waals surface area contributed by atoms with Crippen LogP contribution in [0.2, 0.25) is 0 Å². The molecule has 1 aliphatic heterocycles. The van der Waals surface area contributed by atoms with Crippen molar-refractivity contribution in [3.8, 4) is 0 Å². The van der Waals surface area contributed by atoms with Crippen molar-refractivity contribution in [2.24, 2.45) is 5.41 Å². The summed E-state index contributed by atoms with van der Waals surface area (Å²) in [5.74, 6) is -0.403. The van der Waals surface area contributed by atoms with Gasteiger partial charge < -0.3 is 19.8 Å². The van der Waals surface area contributed by atoms with E-state index in [1.54, 1.807) is 11.8 Å². The maximum absolute atomic E-state index is 11.9. The van der Waals surface area contributed by atoms with Gasteiger partial charge >= 0.3 is 12.0 Å². The molecule has 19 heavy (non-hydrogen) atoms. The van der Waals surface area contributed by atoms with E-state index in [0.29, 0.717) is 31.8 Å². The Morgan fingerprint density at radius 1 is 1.53 bits per heavy atom. The molecule has 104 valence electrons. The summed E-state index contributed by atoms with van der Waals surface area (Å²) in [5.41, 5.74) is -0.732. The van der Waals surface area contributed by atoms with Crippen LogP contribution in [-0.2, 0) is 11.3 Å². The molecule has 0 aliphatic carbocycles. The molecule has 2 rings (SSSR count). The molecule has 2 N–H and O–H groups in total. The maximum Gasteiger partial charge on any atom is 0.317 e. The molecule has 1 aromatic rings. The zero-order chi connectivity index (χ0) is 13.9. The summed E-state index contributed by atoms with van der Waals surface area (Å²) in [6.45, 7) is 2.77. The Hall–Kier alpha value is -2.12. The number of nitrogens with one attached hydrogen (secondary N) is 1. The molecule has 1 aliphatic rings. The van der Waals surface area contributed by atoms with Crippen LogP contribution in [0.25, 0.3) is 0 Å². The van der Waals surface area contributed by atoms with E-state index in [4.69, 9.17) is 5.11 Å². The van der Waals surface area contributed by atoms with E-state index in [1.807, 2.05) is 0 Å². The first kappa shape index (κ1) is 13.3. The third-order valence-electron chi connectivity index (χ3n) is 3.48. The molecule has 2 heterocycles. The number of carbonyl (C=O) groups is 2. The van der Waals surface area contributed by atoms with Crippen molar-refractivity contribution in [1.82, 2.24) is 20.4 Å². The molecule has 1 saturated heterocycles. The third-order valence-corrected chi connectivity index (χ3v) is 3.48. The summed E-state index contributed by atoms with van der Waals surface area (Å²) >= 11 is 0. The highest BCUT2D eigenvalue weighted by molar-refractivity contribution is 5.76. The Labute approximate surface area is 109 Å². The number of carboxylic acids is 1. The lowest BCUT2D eigenvalue weighted by Crippen LogP contribution is -2.48. The first-order chi connectivity index (χ1) is 9.01. The monoisotopic (exact) mass is 268 g/mol. The number of rotatable bonds is 3. The molecule has 8 nitrogen and oxygen atoms in total. The fourth-order valence-corrected chi connectivity index (χ4v) is 1.95. The van der Waals surface area contributed by atoms with Crippen LogP contribution in [0.3, 0.4) is 0 Å². The molecule has 8 heteroatoms. The molecule has 0 bridgehead atoms. The second kappa shape index (κ2) is 5.25. The zero-order valence-electron chi connectivity index (χ0n) is 10.6. The number of nitrogens with zero attached hydrogens (tertiary/aromatic N) is 3. The Bertz CT molecular complexity index is 451. The zero-order valence-corrected chi connectivity index (χ0v) is 10.6. The number of aliphatic carboxylic acids is 1. The quantitative estimate of drug-likeness (QED) is 0.824. The number of likely N-dealkylation sites (tertiary alicyclic amines) is 1. The Morgan fingerprint density at radius 2 is 2.21 bits per heavy atom. The van der Waals surface area contributed by atoms with Crippen LogP contribution in [-0.4, -0.2) is 45.2 Å². The van der Waals surface area contributed by atoms with Crippen molar-refractivity contribution in [2.75, 3.05) is 13.1 Å². The molecule has 1 fully saturated rings. The average molecular weight is 268 g/mol. The smallest absolute Gasteiger partial charge is 0.317 e. The van der Waals surface area contributed by atoms with E-state index < -0.39 is 11.4 Å². The summed E-state index contributed by atoms with van der Waals surface area (Å²) in [4.78, 5) is 28.3. The molecular weight excluding hydrogens is 252 g/mol. The molecule has 0 spiro atoms. The topological polar surface area (TPSA) is 109 Å². The van der Waals surface area contributed by atoms with Crippen LogP contribution < -0.4 is 5.32 Å². The minimum Gasteiger partial charge on any atom is -0.481 e. The lowest BCUT2D eigenvalue weighted by Gasteiger charge is -2.36. The molecule has 0 unspecified atom stereocenters. The third kappa shape index (κ3) is 3.01. The Kier molecular flexibility index (Phi) is 3.68. The van der Waals surface area contributed by atoms with Gasteiger partial charge in [-0.1, -0.05) is 5.16 Å².